The maximum atomic E-state index is 13.6. The van der Waals surface area contributed by atoms with Crippen molar-refractivity contribution in [3.63, 3.8) is 0 Å². The number of fused-ring (bicyclic) bond motifs is 1. The zero-order valence-electron chi connectivity index (χ0n) is 15.9. The summed E-state index contributed by atoms with van der Waals surface area (Å²) in [6.07, 6.45) is 1.87. The number of esters is 2. The Balaban J connectivity index is 1.64. The monoisotopic (exact) mass is 416 g/mol. The smallest absolute Gasteiger partial charge is 0.341 e. The van der Waals surface area contributed by atoms with E-state index in [-0.39, 0.29) is 6.42 Å². The number of methoxy groups -OCH3 is 1. The molecule has 1 aromatic heterocycles. The third-order valence-corrected chi connectivity index (χ3v) is 4.41. The van der Waals surface area contributed by atoms with Gasteiger partial charge in [-0.1, -0.05) is 18.2 Å². The van der Waals surface area contributed by atoms with E-state index in [0.717, 1.165) is 28.6 Å². The van der Waals surface area contributed by atoms with Crippen LogP contribution in [0.1, 0.15) is 15.9 Å². The minimum atomic E-state index is -1.13. The fraction of sp³-hybridized carbons (Fsp3) is 0.190. The zero-order valence-corrected chi connectivity index (χ0v) is 15.9. The molecular weight excluding hydrogens is 398 g/mol. The SMILES string of the molecule is COC(=O)[C@@H](Cc1c[nH]c2ccccc12)NC(=O)COC(=O)c1ccc(F)cc1F. The fourth-order valence-electron chi connectivity index (χ4n) is 2.96. The number of halogens is 2. The molecule has 7 nitrogen and oxygen atoms in total. The maximum absolute atomic E-state index is 13.6. The summed E-state index contributed by atoms with van der Waals surface area (Å²) in [5.41, 5.74) is 1.15. The second-order valence-electron chi connectivity index (χ2n) is 6.41. The Kier molecular flexibility index (Phi) is 6.41. The van der Waals surface area contributed by atoms with Crippen LogP contribution in [-0.2, 0) is 25.5 Å². The predicted molar refractivity (Wildman–Crippen MR) is 103 cm³/mol. The van der Waals surface area contributed by atoms with Gasteiger partial charge in [0, 0.05) is 29.6 Å². The summed E-state index contributed by atoms with van der Waals surface area (Å²) < 4.78 is 36.0. The van der Waals surface area contributed by atoms with Gasteiger partial charge in [0.05, 0.1) is 12.7 Å². The Morgan fingerprint density at radius 3 is 2.63 bits per heavy atom. The van der Waals surface area contributed by atoms with Crippen molar-refractivity contribution in [3.8, 4) is 0 Å². The van der Waals surface area contributed by atoms with Crippen molar-refractivity contribution in [2.45, 2.75) is 12.5 Å². The van der Waals surface area contributed by atoms with E-state index >= 15 is 0 Å². The van der Waals surface area contributed by atoms with Crippen LogP contribution in [0.5, 0.6) is 0 Å². The van der Waals surface area contributed by atoms with E-state index in [2.05, 4.69) is 10.3 Å². The number of aromatic amines is 1. The van der Waals surface area contributed by atoms with Gasteiger partial charge in [-0.3, -0.25) is 4.79 Å². The Hall–Kier alpha value is -3.75. The number of amides is 1. The lowest BCUT2D eigenvalue weighted by Gasteiger charge is -2.16. The predicted octanol–water partition coefficient (Wildman–Crippen LogP) is 2.50. The molecule has 1 amide bonds. The number of aromatic nitrogens is 1. The standard InChI is InChI=1S/C21H18F2N2O5/c1-29-21(28)18(8-12-10-24-17-5-3-2-4-14(12)17)25-19(26)11-30-20(27)15-7-6-13(22)9-16(15)23/h2-7,9-10,18,24H,8,11H2,1H3,(H,25,26)/t18-/m1/s1. The number of H-pyrrole nitrogens is 1. The summed E-state index contributed by atoms with van der Waals surface area (Å²) in [5.74, 6) is -4.54. The van der Waals surface area contributed by atoms with Crippen LogP contribution in [0.4, 0.5) is 8.78 Å². The van der Waals surface area contributed by atoms with Gasteiger partial charge in [0.1, 0.15) is 17.7 Å². The molecule has 30 heavy (non-hydrogen) atoms. The van der Waals surface area contributed by atoms with E-state index in [1.54, 1.807) is 6.20 Å². The highest BCUT2D eigenvalue weighted by Gasteiger charge is 2.24. The zero-order chi connectivity index (χ0) is 21.7. The summed E-state index contributed by atoms with van der Waals surface area (Å²) in [4.78, 5) is 39.3. The Bertz CT molecular complexity index is 1100. The van der Waals surface area contributed by atoms with Gasteiger partial charge in [-0.2, -0.15) is 0 Å². The summed E-state index contributed by atoms with van der Waals surface area (Å²) in [5, 5.41) is 3.33. The minimum absolute atomic E-state index is 0.142. The van der Waals surface area contributed by atoms with Crippen molar-refractivity contribution < 1.29 is 32.6 Å². The third kappa shape index (κ3) is 4.80. The summed E-state index contributed by atoms with van der Waals surface area (Å²) in [6.45, 7) is -0.753. The van der Waals surface area contributed by atoms with Crippen LogP contribution in [0, 0.1) is 11.6 Å². The van der Waals surface area contributed by atoms with Gasteiger partial charge in [-0.15, -0.1) is 0 Å². The first-order valence-corrected chi connectivity index (χ1v) is 8.93. The fourth-order valence-corrected chi connectivity index (χ4v) is 2.96. The molecule has 156 valence electrons. The highest BCUT2D eigenvalue weighted by Crippen LogP contribution is 2.19. The number of benzene rings is 2. The number of hydrogen-bond acceptors (Lipinski definition) is 5. The lowest BCUT2D eigenvalue weighted by molar-refractivity contribution is -0.145. The molecule has 0 aliphatic heterocycles. The number of hydrogen-bond donors (Lipinski definition) is 2. The normalized spacial score (nSPS) is 11.7. The molecule has 2 N–H and O–H groups in total. The van der Waals surface area contributed by atoms with Crippen molar-refractivity contribution in [3.05, 3.63) is 71.4 Å². The molecule has 0 saturated heterocycles. The molecule has 0 radical (unpaired) electrons. The molecule has 3 aromatic rings. The highest BCUT2D eigenvalue weighted by molar-refractivity contribution is 5.92. The van der Waals surface area contributed by atoms with Gasteiger partial charge in [0.2, 0.25) is 0 Å². The molecular formula is C21H18F2N2O5. The van der Waals surface area contributed by atoms with Gasteiger partial charge in [0.15, 0.2) is 6.61 Å². The van der Waals surface area contributed by atoms with Gasteiger partial charge < -0.3 is 19.8 Å². The summed E-state index contributed by atoms with van der Waals surface area (Å²) in [7, 11) is 1.19. The molecule has 0 spiro atoms. The Morgan fingerprint density at radius 1 is 1.13 bits per heavy atom. The first-order valence-electron chi connectivity index (χ1n) is 8.93. The molecule has 3 rings (SSSR count). The minimum Gasteiger partial charge on any atom is -0.467 e. The van der Waals surface area contributed by atoms with Crippen molar-refractivity contribution in [2.75, 3.05) is 13.7 Å². The quantitative estimate of drug-likeness (QED) is 0.577. The van der Waals surface area contributed by atoms with Crippen LogP contribution in [0.15, 0.2) is 48.7 Å². The van der Waals surface area contributed by atoms with Crippen molar-refractivity contribution in [2.24, 2.45) is 0 Å². The number of nitrogens with one attached hydrogen (secondary N) is 2. The molecule has 0 fully saturated rings. The molecule has 0 unspecified atom stereocenters. The molecule has 0 aliphatic carbocycles. The topological polar surface area (TPSA) is 97.5 Å². The second kappa shape index (κ2) is 9.17. The molecule has 1 atom stereocenters. The van der Waals surface area contributed by atoms with Crippen LogP contribution in [0.3, 0.4) is 0 Å². The largest absolute Gasteiger partial charge is 0.467 e. The molecule has 0 saturated carbocycles. The van der Waals surface area contributed by atoms with Crippen LogP contribution < -0.4 is 5.32 Å². The van der Waals surface area contributed by atoms with Crippen molar-refractivity contribution in [1.29, 1.82) is 0 Å². The first-order chi connectivity index (χ1) is 14.4. The van der Waals surface area contributed by atoms with Gasteiger partial charge in [0.25, 0.3) is 5.91 Å². The summed E-state index contributed by atoms with van der Waals surface area (Å²) >= 11 is 0. The molecule has 0 aliphatic rings. The van der Waals surface area contributed by atoms with Gasteiger partial charge >= 0.3 is 11.9 Å². The van der Waals surface area contributed by atoms with E-state index in [1.165, 1.54) is 7.11 Å². The van der Waals surface area contributed by atoms with Crippen LogP contribution in [0.2, 0.25) is 0 Å². The lowest BCUT2D eigenvalue weighted by Crippen LogP contribution is -2.44. The maximum Gasteiger partial charge on any atom is 0.341 e. The van der Waals surface area contributed by atoms with Crippen molar-refractivity contribution >= 4 is 28.7 Å². The average Bonchev–Trinajstić information content (AvgIpc) is 3.14. The van der Waals surface area contributed by atoms with E-state index in [0.29, 0.717) is 6.07 Å². The van der Waals surface area contributed by atoms with Crippen LogP contribution in [0.25, 0.3) is 10.9 Å². The Labute approximate surface area is 170 Å². The lowest BCUT2D eigenvalue weighted by atomic mass is 10.0. The highest BCUT2D eigenvalue weighted by atomic mass is 19.1. The van der Waals surface area contributed by atoms with E-state index in [1.807, 2.05) is 24.3 Å². The van der Waals surface area contributed by atoms with Crippen LogP contribution >= 0.6 is 0 Å². The number of para-hydroxylation sites is 1. The van der Waals surface area contributed by atoms with E-state index in [9.17, 15) is 23.2 Å². The number of carbonyl (C=O) groups is 3. The summed E-state index contributed by atoms with van der Waals surface area (Å²) in [6, 6.07) is 8.77. The molecule has 1 heterocycles. The Morgan fingerprint density at radius 2 is 1.90 bits per heavy atom. The van der Waals surface area contributed by atoms with Crippen molar-refractivity contribution in [1.82, 2.24) is 10.3 Å². The van der Waals surface area contributed by atoms with E-state index < -0.39 is 47.7 Å². The van der Waals surface area contributed by atoms with E-state index in [4.69, 9.17) is 9.47 Å². The molecule has 2 aromatic carbocycles. The molecule has 0 bridgehead atoms. The van der Waals surface area contributed by atoms with Crippen LogP contribution in [-0.4, -0.2) is 42.6 Å². The number of ether oxygens (including phenoxy) is 2. The second-order valence-corrected chi connectivity index (χ2v) is 6.41. The number of carbonyl (C=O) groups excluding carboxylic acids is 3. The number of rotatable bonds is 7. The third-order valence-electron chi connectivity index (χ3n) is 4.41. The average molecular weight is 416 g/mol. The molecule has 9 heteroatoms. The van der Waals surface area contributed by atoms with Gasteiger partial charge in [-0.25, -0.2) is 18.4 Å². The first kappa shape index (κ1) is 21.0. The van der Waals surface area contributed by atoms with Gasteiger partial charge in [-0.05, 0) is 23.8 Å².